The van der Waals surface area contributed by atoms with Crippen LogP contribution in [0.15, 0.2) is 91.2 Å². The van der Waals surface area contributed by atoms with Crippen molar-refractivity contribution in [2.75, 3.05) is 13.7 Å². The number of carbonyl (C=O) groups excluding carboxylic acids is 1. The third-order valence-electron chi connectivity index (χ3n) is 5.67. The predicted octanol–water partition coefficient (Wildman–Crippen LogP) is 4.30. The van der Waals surface area contributed by atoms with E-state index >= 15 is 0 Å². The van der Waals surface area contributed by atoms with Crippen molar-refractivity contribution in [1.82, 2.24) is 4.57 Å². The molecule has 3 heterocycles. The highest BCUT2D eigenvalue weighted by atomic mass is 79.9. The maximum Gasteiger partial charge on any atom is 0.338 e. The van der Waals surface area contributed by atoms with Crippen LogP contribution in [0.5, 0.6) is 5.75 Å². The van der Waals surface area contributed by atoms with Crippen molar-refractivity contribution in [1.29, 1.82) is 0 Å². The Morgan fingerprint density at radius 1 is 1.14 bits per heavy atom. The first-order chi connectivity index (χ1) is 17.5. The summed E-state index contributed by atoms with van der Waals surface area (Å²) < 4.78 is 18.9. The fourth-order valence-electron chi connectivity index (χ4n) is 4.08. The molecule has 0 unspecified atom stereocenters. The lowest BCUT2D eigenvalue weighted by atomic mass is 9.93. The summed E-state index contributed by atoms with van der Waals surface area (Å²) in [6.07, 6.45) is 1.68. The zero-order chi connectivity index (χ0) is 25.2. The Morgan fingerprint density at radius 3 is 2.53 bits per heavy atom. The first-order valence-electron chi connectivity index (χ1n) is 11.2. The van der Waals surface area contributed by atoms with Gasteiger partial charge in [-0.3, -0.25) is 9.36 Å². The predicted molar refractivity (Wildman–Crippen MR) is 140 cm³/mol. The highest BCUT2D eigenvalue weighted by Crippen LogP contribution is 2.35. The van der Waals surface area contributed by atoms with Gasteiger partial charge in [-0.25, -0.2) is 9.79 Å². The SMILES string of the molecule is CCOC(=O)C1=C(c2ccccc2)N=c2s/c(=C\c3ccc(Br)o3)c(=O)n2[C@H]1c1ccc(OC)cc1. The summed E-state index contributed by atoms with van der Waals surface area (Å²) >= 11 is 4.53. The van der Waals surface area contributed by atoms with E-state index in [0.29, 0.717) is 36.8 Å². The van der Waals surface area contributed by atoms with Crippen LogP contribution in [-0.2, 0) is 9.53 Å². The molecule has 0 amide bonds. The van der Waals surface area contributed by atoms with Gasteiger partial charge >= 0.3 is 5.97 Å². The molecule has 0 fully saturated rings. The first kappa shape index (κ1) is 24.0. The molecule has 1 atom stereocenters. The molecule has 2 aromatic heterocycles. The van der Waals surface area contributed by atoms with E-state index in [1.165, 1.54) is 11.3 Å². The summed E-state index contributed by atoms with van der Waals surface area (Å²) in [6.45, 7) is 1.94. The van der Waals surface area contributed by atoms with Gasteiger partial charge in [0, 0.05) is 11.6 Å². The second-order valence-electron chi connectivity index (χ2n) is 7.85. The number of fused-ring (bicyclic) bond motifs is 1. The van der Waals surface area contributed by atoms with Crippen LogP contribution in [0.2, 0.25) is 0 Å². The Labute approximate surface area is 218 Å². The number of rotatable bonds is 6. The number of carbonyl (C=O) groups is 1. The van der Waals surface area contributed by atoms with Gasteiger partial charge in [0.2, 0.25) is 0 Å². The third kappa shape index (κ3) is 4.47. The van der Waals surface area contributed by atoms with Gasteiger partial charge in [-0.05, 0) is 52.7 Å². The molecule has 0 aliphatic carbocycles. The average Bonchev–Trinajstić information content (AvgIpc) is 3.45. The molecule has 1 aliphatic rings. The van der Waals surface area contributed by atoms with Crippen molar-refractivity contribution >= 4 is 45.0 Å². The highest BCUT2D eigenvalue weighted by Gasteiger charge is 2.35. The lowest BCUT2D eigenvalue weighted by Gasteiger charge is -2.26. The van der Waals surface area contributed by atoms with Crippen LogP contribution in [0.3, 0.4) is 0 Å². The molecule has 2 aromatic carbocycles. The largest absolute Gasteiger partial charge is 0.497 e. The van der Waals surface area contributed by atoms with Crippen molar-refractivity contribution in [3.63, 3.8) is 0 Å². The zero-order valence-electron chi connectivity index (χ0n) is 19.4. The summed E-state index contributed by atoms with van der Waals surface area (Å²) in [7, 11) is 1.59. The topological polar surface area (TPSA) is 83.0 Å². The van der Waals surface area contributed by atoms with Crippen LogP contribution in [0.1, 0.15) is 29.9 Å². The second kappa shape index (κ2) is 10.1. The maximum absolute atomic E-state index is 13.7. The van der Waals surface area contributed by atoms with E-state index in [2.05, 4.69) is 15.9 Å². The standard InChI is InChI=1S/C27H21BrN2O5S/c1-3-34-26(32)22-23(16-7-5-4-6-8-16)29-27-30(24(22)17-9-11-18(33-2)12-10-17)25(31)20(36-27)15-19-13-14-21(28)35-19/h4-15,24H,3H2,1-2H3/b20-15-/t24-/m0/s1. The lowest BCUT2D eigenvalue weighted by molar-refractivity contribution is -0.138. The van der Waals surface area contributed by atoms with E-state index < -0.39 is 12.0 Å². The van der Waals surface area contributed by atoms with Crippen LogP contribution in [0, 0.1) is 0 Å². The maximum atomic E-state index is 13.7. The molecule has 5 rings (SSSR count). The van der Waals surface area contributed by atoms with Gasteiger partial charge in [0.25, 0.3) is 5.56 Å². The molecule has 0 N–H and O–H groups in total. The van der Waals surface area contributed by atoms with Gasteiger partial charge in [-0.2, -0.15) is 0 Å². The molecule has 0 spiro atoms. The smallest absolute Gasteiger partial charge is 0.338 e. The molecule has 0 radical (unpaired) electrons. The van der Waals surface area contributed by atoms with Crippen LogP contribution in [0.25, 0.3) is 11.8 Å². The quantitative estimate of drug-likeness (QED) is 0.326. The minimum Gasteiger partial charge on any atom is -0.497 e. The van der Waals surface area contributed by atoms with Gasteiger partial charge in [-0.15, -0.1) is 0 Å². The molecule has 7 nitrogen and oxygen atoms in total. The highest BCUT2D eigenvalue weighted by molar-refractivity contribution is 9.10. The van der Waals surface area contributed by atoms with Gasteiger partial charge in [0.05, 0.1) is 35.6 Å². The molecule has 9 heteroatoms. The van der Waals surface area contributed by atoms with Crippen molar-refractivity contribution < 1.29 is 18.7 Å². The van der Waals surface area contributed by atoms with Crippen LogP contribution < -0.4 is 19.6 Å². The van der Waals surface area contributed by atoms with Gasteiger partial charge < -0.3 is 13.9 Å². The number of esters is 1. The molecule has 0 saturated heterocycles. The minimum atomic E-state index is -0.744. The summed E-state index contributed by atoms with van der Waals surface area (Å²) in [5.41, 5.74) is 1.99. The molecular formula is C27H21BrN2O5S. The summed E-state index contributed by atoms with van der Waals surface area (Å²) in [4.78, 5) is 32.4. The second-order valence-corrected chi connectivity index (χ2v) is 9.64. The molecule has 182 valence electrons. The number of ether oxygens (including phenoxy) is 2. The van der Waals surface area contributed by atoms with E-state index in [9.17, 15) is 9.59 Å². The van der Waals surface area contributed by atoms with E-state index in [4.69, 9.17) is 18.9 Å². The monoisotopic (exact) mass is 564 g/mol. The van der Waals surface area contributed by atoms with Gasteiger partial charge in [-0.1, -0.05) is 53.8 Å². The lowest BCUT2D eigenvalue weighted by Crippen LogP contribution is -2.40. The Bertz CT molecular complexity index is 1630. The summed E-state index contributed by atoms with van der Waals surface area (Å²) in [5.74, 6) is 0.672. The Morgan fingerprint density at radius 2 is 1.89 bits per heavy atom. The fourth-order valence-corrected chi connectivity index (χ4v) is 5.38. The van der Waals surface area contributed by atoms with Crippen LogP contribution in [-0.4, -0.2) is 24.3 Å². The third-order valence-corrected chi connectivity index (χ3v) is 7.08. The summed E-state index contributed by atoms with van der Waals surface area (Å²) in [6, 6.07) is 19.5. The van der Waals surface area contributed by atoms with Crippen molar-refractivity contribution in [3.8, 4) is 5.75 Å². The molecule has 1 aliphatic heterocycles. The molecular weight excluding hydrogens is 544 g/mol. The Hall–Kier alpha value is -3.69. The number of aromatic nitrogens is 1. The van der Waals surface area contributed by atoms with E-state index in [0.717, 1.165) is 11.1 Å². The van der Waals surface area contributed by atoms with Crippen LogP contribution >= 0.6 is 27.3 Å². The Balaban J connectivity index is 1.82. The fraction of sp³-hybridized carbons (Fsp3) is 0.148. The first-order valence-corrected chi connectivity index (χ1v) is 12.8. The zero-order valence-corrected chi connectivity index (χ0v) is 21.8. The van der Waals surface area contributed by atoms with Crippen molar-refractivity contribution in [2.24, 2.45) is 4.99 Å². The summed E-state index contributed by atoms with van der Waals surface area (Å²) in [5, 5.41) is 0. The number of halogens is 1. The molecule has 0 saturated carbocycles. The normalized spacial score (nSPS) is 15.4. The number of methoxy groups -OCH3 is 1. The van der Waals surface area contributed by atoms with E-state index in [1.807, 2.05) is 42.5 Å². The number of benzene rings is 2. The average molecular weight is 565 g/mol. The molecule has 36 heavy (non-hydrogen) atoms. The molecule has 4 aromatic rings. The number of thiazole rings is 1. The molecule has 0 bridgehead atoms. The minimum absolute atomic E-state index is 0.192. The van der Waals surface area contributed by atoms with Gasteiger partial charge in [0.15, 0.2) is 9.47 Å². The van der Waals surface area contributed by atoms with Crippen LogP contribution in [0.4, 0.5) is 0 Å². The van der Waals surface area contributed by atoms with Gasteiger partial charge in [0.1, 0.15) is 11.5 Å². The van der Waals surface area contributed by atoms with Crippen molar-refractivity contribution in [2.45, 2.75) is 13.0 Å². The van der Waals surface area contributed by atoms with E-state index in [1.54, 1.807) is 48.9 Å². The van der Waals surface area contributed by atoms with E-state index in [-0.39, 0.29) is 12.2 Å². The Kier molecular flexibility index (Phi) is 6.75. The number of furan rings is 1. The number of hydrogen-bond donors (Lipinski definition) is 0. The van der Waals surface area contributed by atoms with Crippen molar-refractivity contribution in [3.05, 3.63) is 114 Å². The number of nitrogens with zero attached hydrogens (tertiary/aromatic N) is 2. The number of hydrogen-bond acceptors (Lipinski definition) is 7.